The molecule has 3 aromatic rings. The smallest absolute Gasteiger partial charge is 0.303 e. The number of aromatic nitrogens is 1. The van der Waals surface area contributed by atoms with Gasteiger partial charge >= 0.3 is 10.2 Å². The average molecular weight is 522 g/mol. The van der Waals surface area contributed by atoms with Gasteiger partial charge in [0.2, 0.25) is 0 Å². The van der Waals surface area contributed by atoms with E-state index >= 15 is 0 Å². The number of carbonyl (C=O) groups excluding carboxylic acids is 1. The highest BCUT2D eigenvalue weighted by Gasteiger charge is 2.51. The van der Waals surface area contributed by atoms with Crippen LogP contribution in [0.3, 0.4) is 0 Å². The Hall–Kier alpha value is -2.84. The molecule has 196 valence electrons. The first kappa shape index (κ1) is 24.5. The molecule has 2 unspecified atom stereocenters. The third kappa shape index (κ3) is 3.96. The maximum Gasteiger partial charge on any atom is 0.303 e. The number of ether oxygens (including phenoxy) is 1. The Kier molecular flexibility index (Phi) is 5.88. The molecule has 2 heterocycles. The van der Waals surface area contributed by atoms with E-state index in [1.807, 2.05) is 12.1 Å². The normalized spacial score (nSPS) is 23.2. The van der Waals surface area contributed by atoms with Crippen molar-refractivity contribution in [1.29, 1.82) is 0 Å². The molecule has 0 saturated heterocycles. The molecule has 2 saturated carbocycles. The first-order chi connectivity index (χ1) is 17.7. The van der Waals surface area contributed by atoms with Crippen molar-refractivity contribution in [3.8, 4) is 17.0 Å². The van der Waals surface area contributed by atoms with E-state index < -0.39 is 16.1 Å². The van der Waals surface area contributed by atoms with Crippen LogP contribution in [0.5, 0.6) is 5.75 Å². The van der Waals surface area contributed by atoms with Crippen LogP contribution in [0, 0.1) is 11.8 Å². The number of amides is 1. The minimum Gasteiger partial charge on any atom is -0.497 e. The number of hydrogen-bond donors (Lipinski definition) is 1. The predicted octanol–water partition coefficient (Wildman–Crippen LogP) is 5.26. The van der Waals surface area contributed by atoms with Gasteiger partial charge in [0.25, 0.3) is 5.91 Å². The second-order valence-corrected chi connectivity index (χ2v) is 13.0. The number of methoxy groups -OCH3 is 1. The van der Waals surface area contributed by atoms with E-state index in [1.54, 1.807) is 13.2 Å². The largest absolute Gasteiger partial charge is 0.497 e. The predicted molar refractivity (Wildman–Crippen MR) is 145 cm³/mol. The molecule has 37 heavy (non-hydrogen) atoms. The van der Waals surface area contributed by atoms with E-state index in [4.69, 9.17) is 4.74 Å². The molecule has 0 bridgehead atoms. The van der Waals surface area contributed by atoms with Gasteiger partial charge in [0, 0.05) is 42.7 Å². The lowest BCUT2D eigenvalue weighted by molar-refractivity contribution is 0.0980. The second-order valence-electron chi connectivity index (χ2n) is 11.2. The van der Waals surface area contributed by atoms with Crippen LogP contribution in [0.25, 0.3) is 22.2 Å². The molecule has 2 aromatic carbocycles. The van der Waals surface area contributed by atoms with Crippen molar-refractivity contribution in [1.82, 2.24) is 13.6 Å². The van der Waals surface area contributed by atoms with Crippen LogP contribution in [-0.4, -0.2) is 44.4 Å². The molecule has 1 aromatic heterocycles. The second kappa shape index (κ2) is 8.88. The van der Waals surface area contributed by atoms with Crippen molar-refractivity contribution in [2.45, 2.75) is 57.4 Å². The Bertz CT molecular complexity index is 1500. The van der Waals surface area contributed by atoms with E-state index in [9.17, 15) is 13.2 Å². The number of fused-ring (bicyclic) bond motifs is 7. The molecule has 3 aliphatic rings. The van der Waals surface area contributed by atoms with E-state index in [1.165, 1.54) is 74.0 Å². The molecule has 6 rings (SSSR count). The molecular weight excluding hydrogens is 486 g/mol. The summed E-state index contributed by atoms with van der Waals surface area (Å²) >= 11 is 0. The van der Waals surface area contributed by atoms with Crippen molar-refractivity contribution >= 4 is 27.0 Å². The van der Waals surface area contributed by atoms with Gasteiger partial charge in [-0.3, -0.25) is 4.79 Å². The zero-order chi connectivity index (χ0) is 26.1. The fourth-order valence-corrected chi connectivity index (χ4v) is 7.31. The molecule has 3 atom stereocenters. The number of nitrogens with one attached hydrogen (secondary N) is 1. The van der Waals surface area contributed by atoms with Gasteiger partial charge in [-0.05, 0) is 78.0 Å². The van der Waals surface area contributed by atoms with Gasteiger partial charge in [-0.25, -0.2) is 4.72 Å². The van der Waals surface area contributed by atoms with Crippen molar-refractivity contribution < 1.29 is 17.9 Å². The quantitative estimate of drug-likeness (QED) is 0.496. The summed E-state index contributed by atoms with van der Waals surface area (Å²) in [6.07, 6.45) is 6.09. The molecular formula is C29H35N3O4S. The van der Waals surface area contributed by atoms with Gasteiger partial charge in [-0.15, -0.1) is 0 Å². The first-order valence-electron chi connectivity index (χ1n) is 13.3. The summed E-state index contributed by atoms with van der Waals surface area (Å²) in [5.41, 5.74) is 6.68. The molecule has 1 amide bonds. The summed E-state index contributed by atoms with van der Waals surface area (Å²) < 4.78 is 35.9. The third-order valence-corrected chi connectivity index (χ3v) is 10.3. The van der Waals surface area contributed by atoms with Crippen molar-refractivity contribution in [3.05, 3.63) is 53.1 Å². The monoisotopic (exact) mass is 521 g/mol. The zero-order valence-corrected chi connectivity index (χ0v) is 22.8. The van der Waals surface area contributed by atoms with Crippen LogP contribution in [0.15, 0.2) is 36.4 Å². The fraction of sp³-hybridized carbons (Fsp3) is 0.483. The molecule has 2 aliphatic carbocycles. The third-order valence-electron chi connectivity index (χ3n) is 8.91. The number of benzene rings is 2. The van der Waals surface area contributed by atoms with Crippen LogP contribution >= 0.6 is 0 Å². The number of rotatable bonds is 5. The maximum absolute atomic E-state index is 13.0. The van der Waals surface area contributed by atoms with Gasteiger partial charge < -0.3 is 9.30 Å². The van der Waals surface area contributed by atoms with E-state index in [2.05, 4.69) is 34.4 Å². The highest BCUT2D eigenvalue weighted by molar-refractivity contribution is 7.87. The minimum absolute atomic E-state index is 0.355. The van der Waals surface area contributed by atoms with Crippen molar-refractivity contribution in [2.75, 3.05) is 21.2 Å². The Morgan fingerprint density at radius 1 is 1.08 bits per heavy atom. The number of carbonyl (C=O) groups is 1. The molecule has 1 aliphatic heterocycles. The Morgan fingerprint density at radius 2 is 1.84 bits per heavy atom. The standard InChI is InChI=1S/C29H35N3O4S/c1-17-24-16-32-25-14-19(29(33)30-37(34,35)31(2)3)10-12-22(25)27(18-8-6-5-7-9-18)28(32)21-13-11-20(36-4)15-23(21)26(17)24/h10-15,17-18,24,26H,5-9,16H2,1-4H3,(H,30,33)/t17-,24?,26?/m1/s1. The lowest BCUT2D eigenvalue weighted by Gasteiger charge is -2.24. The molecule has 7 nitrogen and oxygen atoms in total. The highest BCUT2D eigenvalue weighted by atomic mass is 32.2. The topological polar surface area (TPSA) is 80.6 Å². The molecule has 2 fully saturated rings. The molecule has 0 radical (unpaired) electrons. The SMILES string of the molecule is COc1ccc2c(c1)C1C(Cn3c-2c(C2CCCCC2)c2ccc(C(=O)NS(=O)(=O)N(C)C)cc23)[C@H]1C. The zero-order valence-electron chi connectivity index (χ0n) is 22.0. The minimum atomic E-state index is -3.87. The van der Waals surface area contributed by atoms with Crippen molar-refractivity contribution in [3.63, 3.8) is 0 Å². The van der Waals surface area contributed by atoms with E-state index in [-0.39, 0.29) is 0 Å². The lowest BCUT2D eigenvalue weighted by atomic mass is 9.81. The van der Waals surface area contributed by atoms with Crippen LogP contribution < -0.4 is 9.46 Å². The average Bonchev–Trinajstić information content (AvgIpc) is 3.46. The fourth-order valence-electron chi connectivity index (χ4n) is 6.78. The van der Waals surface area contributed by atoms with Crippen LogP contribution in [-0.2, 0) is 16.8 Å². The molecule has 1 N–H and O–H groups in total. The van der Waals surface area contributed by atoms with Crippen LogP contribution in [0.1, 0.15) is 72.3 Å². The van der Waals surface area contributed by atoms with Crippen LogP contribution in [0.2, 0.25) is 0 Å². The lowest BCUT2D eigenvalue weighted by Crippen LogP contribution is -2.39. The van der Waals surface area contributed by atoms with E-state index in [0.717, 1.165) is 22.1 Å². The van der Waals surface area contributed by atoms with Crippen LogP contribution in [0.4, 0.5) is 0 Å². The summed E-state index contributed by atoms with van der Waals surface area (Å²) in [5.74, 6) is 2.35. The summed E-state index contributed by atoms with van der Waals surface area (Å²) in [6.45, 7) is 3.21. The summed E-state index contributed by atoms with van der Waals surface area (Å²) in [5, 5.41) is 1.18. The van der Waals surface area contributed by atoms with Crippen molar-refractivity contribution in [2.24, 2.45) is 11.8 Å². The summed E-state index contributed by atoms with van der Waals surface area (Å²) in [6, 6.07) is 12.2. The van der Waals surface area contributed by atoms with Gasteiger partial charge in [-0.2, -0.15) is 12.7 Å². The first-order valence-corrected chi connectivity index (χ1v) is 14.7. The maximum atomic E-state index is 13.0. The van der Waals surface area contributed by atoms with E-state index in [0.29, 0.717) is 29.2 Å². The van der Waals surface area contributed by atoms with Gasteiger partial charge in [0.05, 0.1) is 12.8 Å². The Balaban J connectivity index is 1.56. The van der Waals surface area contributed by atoms with Gasteiger partial charge in [-0.1, -0.05) is 32.3 Å². The Morgan fingerprint density at radius 3 is 2.54 bits per heavy atom. The summed E-state index contributed by atoms with van der Waals surface area (Å²) in [7, 11) is 0.656. The highest BCUT2D eigenvalue weighted by Crippen LogP contribution is 2.60. The number of hydrogen-bond acceptors (Lipinski definition) is 4. The molecule has 8 heteroatoms. The van der Waals surface area contributed by atoms with Gasteiger partial charge in [0.1, 0.15) is 5.75 Å². The Labute approximate surface area is 219 Å². The summed E-state index contributed by atoms with van der Waals surface area (Å²) in [4.78, 5) is 13.0. The molecule has 0 spiro atoms. The number of nitrogens with zero attached hydrogens (tertiary/aromatic N) is 2. The van der Waals surface area contributed by atoms with Gasteiger partial charge in [0.15, 0.2) is 0 Å².